The fourth-order valence-electron chi connectivity index (χ4n) is 2.30. The second kappa shape index (κ2) is 6.82. The van der Waals surface area contributed by atoms with Gasteiger partial charge in [0.05, 0.1) is 0 Å². The molecule has 3 rings (SSSR count). The van der Waals surface area contributed by atoms with Crippen LogP contribution in [0.15, 0.2) is 54.6 Å². The van der Waals surface area contributed by atoms with Crippen molar-refractivity contribution < 1.29 is 4.74 Å². The van der Waals surface area contributed by atoms with Crippen LogP contribution in [-0.4, -0.2) is 17.5 Å². The lowest BCUT2D eigenvalue weighted by Gasteiger charge is -2.12. The molecule has 1 aliphatic rings. The quantitative estimate of drug-likeness (QED) is 0.894. The predicted molar refractivity (Wildman–Crippen MR) is 85.5 cm³/mol. The molecule has 2 aromatic rings. The van der Waals surface area contributed by atoms with Gasteiger partial charge in [0.25, 0.3) is 0 Å². The fourth-order valence-corrected chi connectivity index (χ4v) is 3.49. The van der Waals surface area contributed by atoms with E-state index in [-0.39, 0.29) is 0 Å². The molecule has 3 heteroatoms. The molecule has 0 aliphatic carbocycles. The first-order chi connectivity index (χ1) is 9.90. The SMILES string of the molecule is c1ccc(Oc2cccc(CNC3CCSC3)c2)cc1. The Morgan fingerprint density at radius 3 is 2.70 bits per heavy atom. The zero-order chi connectivity index (χ0) is 13.6. The van der Waals surface area contributed by atoms with E-state index in [2.05, 4.69) is 23.5 Å². The number of para-hydroxylation sites is 1. The van der Waals surface area contributed by atoms with Crippen LogP contribution in [0.3, 0.4) is 0 Å². The monoisotopic (exact) mass is 285 g/mol. The molecule has 0 aromatic heterocycles. The number of benzene rings is 2. The van der Waals surface area contributed by atoms with Crippen molar-refractivity contribution in [3.63, 3.8) is 0 Å². The molecule has 20 heavy (non-hydrogen) atoms. The van der Waals surface area contributed by atoms with Gasteiger partial charge in [0.15, 0.2) is 0 Å². The Morgan fingerprint density at radius 1 is 1.05 bits per heavy atom. The first-order valence-corrected chi connectivity index (χ1v) is 8.18. The minimum absolute atomic E-state index is 0.665. The highest BCUT2D eigenvalue weighted by atomic mass is 32.2. The topological polar surface area (TPSA) is 21.3 Å². The van der Waals surface area contributed by atoms with Crippen molar-refractivity contribution in [1.29, 1.82) is 0 Å². The van der Waals surface area contributed by atoms with Crippen molar-refractivity contribution in [3.05, 3.63) is 60.2 Å². The predicted octanol–water partition coefficient (Wildman–Crippen LogP) is 4.07. The number of thioether (sulfide) groups is 1. The van der Waals surface area contributed by atoms with Gasteiger partial charge in [-0.05, 0) is 42.0 Å². The Kier molecular flexibility index (Phi) is 4.61. The third kappa shape index (κ3) is 3.78. The van der Waals surface area contributed by atoms with Crippen molar-refractivity contribution in [1.82, 2.24) is 5.32 Å². The Hall–Kier alpha value is -1.45. The Bertz CT molecular complexity index is 538. The van der Waals surface area contributed by atoms with E-state index in [4.69, 9.17) is 4.74 Å². The van der Waals surface area contributed by atoms with Crippen molar-refractivity contribution in [3.8, 4) is 11.5 Å². The Balaban J connectivity index is 1.60. The molecule has 1 fully saturated rings. The van der Waals surface area contributed by atoms with Gasteiger partial charge in [-0.3, -0.25) is 0 Å². The van der Waals surface area contributed by atoms with E-state index in [9.17, 15) is 0 Å². The second-order valence-corrected chi connectivity index (χ2v) is 6.15. The van der Waals surface area contributed by atoms with E-state index >= 15 is 0 Å². The number of rotatable bonds is 5. The van der Waals surface area contributed by atoms with Crippen molar-refractivity contribution in [2.45, 2.75) is 19.0 Å². The maximum atomic E-state index is 5.86. The molecule has 2 nitrogen and oxygen atoms in total. The van der Waals surface area contributed by atoms with Crippen LogP contribution in [0.4, 0.5) is 0 Å². The summed E-state index contributed by atoms with van der Waals surface area (Å²) in [5.74, 6) is 4.30. The normalized spacial score (nSPS) is 18.1. The van der Waals surface area contributed by atoms with Crippen LogP contribution in [0, 0.1) is 0 Å². The van der Waals surface area contributed by atoms with Crippen LogP contribution in [0.1, 0.15) is 12.0 Å². The molecule has 0 saturated carbocycles. The molecule has 1 saturated heterocycles. The van der Waals surface area contributed by atoms with Gasteiger partial charge in [0.2, 0.25) is 0 Å². The highest BCUT2D eigenvalue weighted by Crippen LogP contribution is 2.22. The minimum atomic E-state index is 0.665. The Morgan fingerprint density at radius 2 is 1.90 bits per heavy atom. The summed E-state index contributed by atoms with van der Waals surface area (Å²) in [7, 11) is 0. The molecule has 1 unspecified atom stereocenters. The Labute approximate surface area is 124 Å². The van der Waals surface area contributed by atoms with Crippen molar-refractivity contribution >= 4 is 11.8 Å². The molecule has 1 heterocycles. The summed E-state index contributed by atoms with van der Waals surface area (Å²) in [6.07, 6.45) is 1.28. The van der Waals surface area contributed by atoms with Gasteiger partial charge in [0, 0.05) is 18.3 Å². The van der Waals surface area contributed by atoms with Gasteiger partial charge in [0.1, 0.15) is 11.5 Å². The van der Waals surface area contributed by atoms with Crippen LogP contribution in [-0.2, 0) is 6.54 Å². The summed E-state index contributed by atoms with van der Waals surface area (Å²) >= 11 is 2.04. The average Bonchev–Trinajstić information content (AvgIpc) is 3.00. The molecule has 2 aromatic carbocycles. The van der Waals surface area contributed by atoms with E-state index in [1.165, 1.54) is 23.5 Å². The van der Waals surface area contributed by atoms with E-state index in [0.29, 0.717) is 6.04 Å². The lowest BCUT2D eigenvalue weighted by atomic mass is 10.2. The molecule has 1 N–H and O–H groups in total. The zero-order valence-corrected chi connectivity index (χ0v) is 12.2. The molecular weight excluding hydrogens is 266 g/mol. The molecular formula is C17H19NOS. The summed E-state index contributed by atoms with van der Waals surface area (Å²) in [6, 6.07) is 18.9. The van der Waals surface area contributed by atoms with Crippen molar-refractivity contribution in [2.24, 2.45) is 0 Å². The zero-order valence-electron chi connectivity index (χ0n) is 11.4. The molecule has 0 bridgehead atoms. The summed E-state index contributed by atoms with van der Waals surface area (Å²) in [6.45, 7) is 0.914. The molecule has 1 aliphatic heterocycles. The van der Waals surface area contributed by atoms with Crippen molar-refractivity contribution in [2.75, 3.05) is 11.5 Å². The largest absolute Gasteiger partial charge is 0.457 e. The van der Waals surface area contributed by atoms with E-state index in [1.807, 2.05) is 48.2 Å². The smallest absolute Gasteiger partial charge is 0.127 e. The van der Waals surface area contributed by atoms with Crippen LogP contribution in [0.2, 0.25) is 0 Å². The number of hydrogen-bond acceptors (Lipinski definition) is 3. The molecule has 0 radical (unpaired) electrons. The maximum Gasteiger partial charge on any atom is 0.127 e. The third-order valence-corrected chi connectivity index (χ3v) is 4.56. The van der Waals surface area contributed by atoms with E-state index in [0.717, 1.165) is 18.0 Å². The van der Waals surface area contributed by atoms with Crippen LogP contribution >= 0.6 is 11.8 Å². The molecule has 1 atom stereocenters. The van der Waals surface area contributed by atoms with Gasteiger partial charge >= 0.3 is 0 Å². The average molecular weight is 285 g/mol. The minimum Gasteiger partial charge on any atom is -0.457 e. The third-order valence-electron chi connectivity index (χ3n) is 3.40. The van der Waals surface area contributed by atoms with Gasteiger partial charge < -0.3 is 10.1 Å². The van der Waals surface area contributed by atoms with Gasteiger partial charge in [-0.25, -0.2) is 0 Å². The van der Waals surface area contributed by atoms with E-state index in [1.54, 1.807) is 0 Å². The molecule has 0 spiro atoms. The standard InChI is InChI=1S/C17H19NOS/c1-2-6-16(7-3-1)19-17-8-4-5-14(11-17)12-18-15-9-10-20-13-15/h1-8,11,15,18H,9-10,12-13H2. The highest BCUT2D eigenvalue weighted by molar-refractivity contribution is 7.99. The molecule has 104 valence electrons. The summed E-state index contributed by atoms with van der Waals surface area (Å²) in [4.78, 5) is 0. The summed E-state index contributed by atoms with van der Waals surface area (Å²) in [5, 5.41) is 3.61. The highest BCUT2D eigenvalue weighted by Gasteiger charge is 2.14. The summed E-state index contributed by atoms with van der Waals surface area (Å²) in [5.41, 5.74) is 1.27. The molecule has 0 amide bonds. The number of nitrogens with one attached hydrogen (secondary N) is 1. The number of ether oxygens (including phenoxy) is 1. The first-order valence-electron chi connectivity index (χ1n) is 7.03. The fraction of sp³-hybridized carbons (Fsp3) is 0.294. The van der Waals surface area contributed by atoms with Gasteiger partial charge in [-0.15, -0.1) is 0 Å². The van der Waals surface area contributed by atoms with Crippen LogP contribution in [0.5, 0.6) is 11.5 Å². The first kappa shape index (κ1) is 13.5. The maximum absolute atomic E-state index is 5.86. The lowest BCUT2D eigenvalue weighted by Crippen LogP contribution is -2.27. The van der Waals surface area contributed by atoms with Gasteiger partial charge in [-0.1, -0.05) is 30.3 Å². The summed E-state index contributed by atoms with van der Waals surface area (Å²) < 4.78 is 5.86. The lowest BCUT2D eigenvalue weighted by molar-refractivity contribution is 0.480. The van der Waals surface area contributed by atoms with Crippen LogP contribution in [0.25, 0.3) is 0 Å². The second-order valence-electron chi connectivity index (χ2n) is 5.00. The number of hydrogen-bond donors (Lipinski definition) is 1. The van der Waals surface area contributed by atoms with E-state index < -0.39 is 0 Å². The van der Waals surface area contributed by atoms with Crippen LogP contribution < -0.4 is 10.1 Å². The van der Waals surface area contributed by atoms with Gasteiger partial charge in [-0.2, -0.15) is 11.8 Å².